The van der Waals surface area contributed by atoms with Crippen LogP contribution in [0.1, 0.15) is 47.7 Å². The third-order valence-corrected chi connectivity index (χ3v) is 8.38. The molecule has 2 fully saturated rings. The summed E-state index contributed by atoms with van der Waals surface area (Å²) in [6.07, 6.45) is 4.30. The van der Waals surface area contributed by atoms with Gasteiger partial charge in [-0.2, -0.15) is 0 Å². The van der Waals surface area contributed by atoms with Gasteiger partial charge in [0, 0.05) is 43.7 Å². The SMILES string of the molecule is COc1cc2c(cc1N1CCN(C)C(C)C1)CC(CC1CCN(Cc3ccccc3)CC1)C2=O. The molecular formula is C29H39N3O2. The van der Waals surface area contributed by atoms with Crippen LogP contribution < -0.4 is 9.64 Å². The number of hydrogen-bond acceptors (Lipinski definition) is 5. The van der Waals surface area contributed by atoms with Gasteiger partial charge in [-0.05, 0) is 81.9 Å². The molecule has 2 heterocycles. The number of hydrogen-bond donors (Lipinski definition) is 0. The zero-order valence-corrected chi connectivity index (χ0v) is 21.0. The van der Waals surface area contributed by atoms with E-state index in [0.29, 0.717) is 17.7 Å². The average Bonchev–Trinajstić information content (AvgIpc) is 3.16. The Bertz CT molecular complexity index is 1000. The maximum absolute atomic E-state index is 13.3. The molecule has 0 aromatic heterocycles. The van der Waals surface area contributed by atoms with E-state index in [2.05, 4.69) is 65.1 Å². The number of piperidine rings is 1. The Balaban J connectivity index is 1.21. The maximum atomic E-state index is 13.3. The molecule has 5 heteroatoms. The Morgan fingerprint density at radius 2 is 1.79 bits per heavy atom. The van der Waals surface area contributed by atoms with Crippen molar-refractivity contribution in [2.75, 3.05) is 51.8 Å². The second kappa shape index (κ2) is 10.1. The number of carbonyl (C=O) groups excluding carboxylic acids is 1. The molecule has 0 amide bonds. The predicted octanol–water partition coefficient (Wildman–Crippen LogP) is 4.49. The first-order chi connectivity index (χ1) is 16.5. The number of likely N-dealkylation sites (N-methyl/N-ethyl adjacent to an activating group) is 1. The summed E-state index contributed by atoms with van der Waals surface area (Å²) in [6, 6.07) is 15.5. The van der Waals surface area contributed by atoms with Gasteiger partial charge in [-0.3, -0.25) is 9.69 Å². The van der Waals surface area contributed by atoms with Crippen molar-refractivity contribution >= 4 is 11.5 Å². The molecule has 182 valence electrons. The Labute approximate surface area is 204 Å². The Hall–Kier alpha value is -2.37. The van der Waals surface area contributed by atoms with Crippen molar-refractivity contribution in [1.82, 2.24) is 9.80 Å². The van der Waals surface area contributed by atoms with E-state index < -0.39 is 0 Å². The van der Waals surface area contributed by atoms with Gasteiger partial charge in [0.1, 0.15) is 5.75 Å². The molecule has 0 spiro atoms. The van der Waals surface area contributed by atoms with Crippen molar-refractivity contribution in [3.8, 4) is 5.75 Å². The number of anilines is 1. The van der Waals surface area contributed by atoms with Crippen LogP contribution >= 0.6 is 0 Å². The van der Waals surface area contributed by atoms with Crippen molar-refractivity contribution in [2.45, 2.75) is 45.2 Å². The van der Waals surface area contributed by atoms with Crippen LogP contribution in [0.2, 0.25) is 0 Å². The number of rotatable bonds is 6. The number of nitrogens with zero attached hydrogens (tertiary/aromatic N) is 3. The first-order valence-corrected chi connectivity index (χ1v) is 13.0. The fourth-order valence-electron chi connectivity index (χ4n) is 6.08. The highest BCUT2D eigenvalue weighted by Gasteiger charge is 2.35. The molecule has 0 bridgehead atoms. The fourth-order valence-corrected chi connectivity index (χ4v) is 6.08. The van der Waals surface area contributed by atoms with Crippen LogP contribution in [0, 0.1) is 11.8 Å². The van der Waals surface area contributed by atoms with Gasteiger partial charge in [0.15, 0.2) is 5.78 Å². The number of piperazine rings is 1. The number of ether oxygens (including phenoxy) is 1. The summed E-state index contributed by atoms with van der Waals surface area (Å²) in [5.74, 6) is 1.96. The second-order valence-corrected chi connectivity index (χ2v) is 10.7. The van der Waals surface area contributed by atoms with E-state index in [1.165, 1.54) is 24.0 Å². The molecule has 1 aliphatic carbocycles. The first kappa shape index (κ1) is 23.4. The largest absolute Gasteiger partial charge is 0.495 e. The molecular weight excluding hydrogens is 422 g/mol. The van der Waals surface area contributed by atoms with Gasteiger partial charge in [0.05, 0.1) is 12.8 Å². The lowest BCUT2D eigenvalue weighted by molar-refractivity contribution is 0.0895. The number of carbonyl (C=O) groups is 1. The molecule has 0 radical (unpaired) electrons. The summed E-state index contributed by atoms with van der Waals surface area (Å²) in [7, 11) is 3.92. The van der Waals surface area contributed by atoms with Crippen LogP contribution in [-0.2, 0) is 13.0 Å². The summed E-state index contributed by atoms with van der Waals surface area (Å²) in [6.45, 7) is 8.61. The van der Waals surface area contributed by atoms with Gasteiger partial charge in [-0.1, -0.05) is 30.3 Å². The monoisotopic (exact) mass is 461 g/mol. The van der Waals surface area contributed by atoms with E-state index >= 15 is 0 Å². The lowest BCUT2D eigenvalue weighted by Crippen LogP contribution is -2.50. The highest BCUT2D eigenvalue weighted by molar-refractivity contribution is 6.03. The number of methoxy groups -OCH3 is 1. The van der Waals surface area contributed by atoms with Crippen LogP contribution in [0.4, 0.5) is 5.69 Å². The molecule has 5 nitrogen and oxygen atoms in total. The van der Waals surface area contributed by atoms with E-state index in [1.807, 2.05) is 6.07 Å². The highest BCUT2D eigenvalue weighted by atomic mass is 16.5. The van der Waals surface area contributed by atoms with Gasteiger partial charge >= 0.3 is 0 Å². The summed E-state index contributed by atoms with van der Waals surface area (Å²) in [5, 5.41) is 0. The molecule has 0 saturated carbocycles. The predicted molar refractivity (Wildman–Crippen MR) is 138 cm³/mol. The number of benzene rings is 2. The Morgan fingerprint density at radius 3 is 2.50 bits per heavy atom. The summed E-state index contributed by atoms with van der Waals surface area (Å²) in [5.41, 5.74) is 4.67. The van der Waals surface area contributed by atoms with Crippen molar-refractivity contribution < 1.29 is 9.53 Å². The molecule has 2 atom stereocenters. The van der Waals surface area contributed by atoms with Crippen LogP contribution in [0.5, 0.6) is 5.75 Å². The fraction of sp³-hybridized carbons (Fsp3) is 0.552. The van der Waals surface area contributed by atoms with E-state index in [1.54, 1.807) is 7.11 Å². The van der Waals surface area contributed by atoms with Gasteiger partial charge in [-0.25, -0.2) is 0 Å². The topological polar surface area (TPSA) is 36.0 Å². The Morgan fingerprint density at radius 1 is 1.03 bits per heavy atom. The summed E-state index contributed by atoms with van der Waals surface area (Å²) in [4.78, 5) is 20.7. The molecule has 2 saturated heterocycles. The number of fused-ring (bicyclic) bond motifs is 1. The minimum atomic E-state index is 0.132. The van der Waals surface area contributed by atoms with Gasteiger partial charge < -0.3 is 14.5 Å². The maximum Gasteiger partial charge on any atom is 0.166 e. The zero-order chi connectivity index (χ0) is 23.7. The Kier molecular flexibility index (Phi) is 6.94. The van der Waals surface area contributed by atoms with E-state index in [4.69, 9.17) is 4.74 Å². The lowest BCUT2D eigenvalue weighted by atomic mass is 9.85. The van der Waals surface area contributed by atoms with Gasteiger partial charge in [0.2, 0.25) is 0 Å². The minimum Gasteiger partial charge on any atom is -0.495 e. The summed E-state index contributed by atoms with van der Waals surface area (Å²) < 4.78 is 5.77. The van der Waals surface area contributed by atoms with Crippen LogP contribution in [0.3, 0.4) is 0 Å². The third-order valence-electron chi connectivity index (χ3n) is 8.38. The first-order valence-electron chi connectivity index (χ1n) is 13.0. The molecule has 2 unspecified atom stereocenters. The quantitative estimate of drug-likeness (QED) is 0.633. The molecule has 34 heavy (non-hydrogen) atoms. The molecule has 0 N–H and O–H groups in total. The molecule has 2 aromatic rings. The van der Waals surface area contributed by atoms with Crippen molar-refractivity contribution in [3.05, 3.63) is 59.2 Å². The van der Waals surface area contributed by atoms with Crippen molar-refractivity contribution in [3.63, 3.8) is 0 Å². The smallest absolute Gasteiger partial charge is 0.166 e. The van der Waals surface area contributed by atoms with Gasteiger partial charge in [0.25, 0.3) is 0 Å². The van der Waals surface area contributed by atoms with Crippen molar-refractivity contribution in [1.29, 1.82) is 0 Å². The molecule has 5 rings (SSSR count). The van der Waals surface area contributed by atoms with E-state index in [0.717, 1.165) is 69.1 Å². The number of Topliss-reactive ketones (excluding diaryl/α,β-unsaturated/α-hetero) is 1. The van der Waals surface area contributed by atoms with E-state index in [-0.39, 0.29) is 5.92 Å². The van der Waals surface area contributed by atoms with Gasteiger partial charge in [-0.15, -0.1) is 0 Å². The molecule has 2 aliphatic heterocycles. The normalized spacial score (nSPS) is 24.4. The zero-order valence-electron chi connectivity index (χ0n) is 21.0. The molecule has 2 aromatic carbocycles. The average molecular weight is 462 g/mol. The van der Waals surface area contributed by atoms with Crippen molar-refractivity contribution in [2.24, 2.45) is 11.8 Å². The van der Waals surface area contributed by atoms with Crippen LogP contribution in [0.15, 0.2) is 42.5 Å². The summed E-state index contributed by atoms with van der Waals surface area (Å²) >= 11 is 0. The minimum absolute atomic E-state index is 0.132. The number of likely N-dealkylation sites (tertiary alicyclic amines) is 1. The van der Waals surface area contributed by atoms with Crippen LogP contribution in [0.25, 0.3) is 0 Å². The number of ketones is 1. The molecule has 3 aliphatic rings. The van der Waals surface area contributed by atoms with E-state index in [9.17, 15) is 4.79 Å². The van der Waals surface area contributed by atoms with Crippen LogP contribution in [-0.4, -0.2) is 68.5 Å². The lowest BCUT2D eigenvalue weighted by Gasteiger charge is -2.39. The standard InChI is InChI=1S/C29H39N3O2/c1-21-19-32(14-13-30(21)2)27-17-24-16-25(29(33)26(24)18-28(27)34-3)15-22-9-11-31(12-10-22)20-23-7-5-4-6-8-23/h4-8,17-18,21-22,25H,9-16,19-20H2,1-3H3. The third kappa shape index (κ3) is 4.87. The highest BCUT2D eigenvalue weighted by Crippen LogP contribution is 2.40. The second-order valence-electron chi connectivity index (χ2n) is 10.7.